The molecule has 21 heavy (non-hydrogen) atoms. The van der Waals surface area contributed by atoms with Crippen LogP contribution in [0.2, 0.25) is 0 Å². The van der Waals surface area contributed by atoms with Crippen molar-refractivity contribution in [2.45, 2.75) is 84.1 Å². The number of amides is 1. The molecule has 2 aliphatic carbocycles. The molecule has 3 nitrogen and oxygen atoms in total. The summed E-state index contributed by atoms with van der Waals surface area (Å²) in [5.74, 6) is 1.36. The largest absolute Gasteiger partial charge is 0.394 e. The van der Waals surface area contributed by atoms with E-state index in [4.69, 9.17) is 0 Å². The van der Waals surface area contributed by atoms with Gasteiger partial charge >= 0.3 is 0 Å². The fourth-order valence-corrected chi connectivity index (χ4v) is 4.69. The number of carbonyl (C=O) groups is 1. The fourth-order valence-electron chi connectivity index (χ4n) is 4.69. The van der Waals surface area contributed by atoms with Gasteiger partial charge < -0.3 is 10.4 Å². The van der Waals surface area contributed by atoms with Crippen molar-refractivity contribution < 1.29 is 9.90 Å². The molecular formula is C18H33NO2. The van der Waals surface area contributed by atoms with E-state index in [0.29, 0.717) is 11.8 Å². The SMILES string of the molecule is CC(C)CC1(C(=O)NC2(CO)CCCC(C)C2)CCCC1. The van der Waals surface area contributed by atoms with Gasteiger partial charge in [0, 0.05) is 5.41 Å². The van der Waals surface area contributed by atoms with Crippen LogP contribution < -0.4 is 5.32 Å². The zero-order chi connectivity index (χ0) is 15.5. The summed E-state index contributed by atoms with van der Waals surface area (Å²) < 4.78 is 0. The van der Waals surface area contributed by atoms with Gasteiger partial charge in [-0.15, -0.1) is 0 Å². The van der Waals surface area contributed by atoms with E-state index in [2.05, 4.69) is 26.1 Å². The minimum absolute atomic E-state index is 0.0842. The molecule has 0 aliphatic heterocycles. The monoisotopic (exact) mass is 295 g/mol. The molecule has 0 heterocycles. The first-order valence-electron chi connectivity index (χ1n) is 8.85. The van der Waals surface area contributed by atoms with Crippen molar-refractivity contribution in [3.05, 3.63) is 0 Å². The van der Waals surface area contributed by atoms with E-state index in [9.17, 15) is 9.90 Å². The van der Waals surface area contributed by atoms with Crippen LogP contribution in [-0.2, 0) is 4.79 Å². The zero-order valence-electron chi connectivity index (χ0n) is 14.1. The molecule has 0 radical (unpaired) electrons. The van der Waals surface area contributed by atoms with Crippen LogP contribution in [0.4, 0.5) is 0 Å². The van der Waals surface area contributed by atoms with Crippen LogP contribution in [0.5, 0.6) is 0 Å². The summed E-state index contributed by atoms with van der Waals surface area (Å²) in [6.45, 7) is 6.73. The van der Waals surface area contributed by atoms with E-state index in [-0.39, 0.29) is 23.5 Å². The minimum atomic E-state index is -0.360. The molecule has 0 saturated heterocycles. The normalized spacial score (nSPS) is 32.3. The van der Waals surface area contributed by atoms with E-state index >= 15 is 0 Å². The minimum Gasteiger partial charge on any atom is -0.394 e. The molecule has 0 spiro atoms. The summed E-state index contributed by atoms with van der Waals surface area (Å²) in [5.41, 5.74) is -0.529. The maximum atomic E-state index is 13.0. The summed E-state index contributed by atoms with van der Waals surface area (Å²) in [4.78, 5) is 13.0. The third-order valence-electron chi connectivity index (χ3n) is 5.61. The Morgan fingerprint density at radius 3 is 2.43 bits per heavy atom. The third kappa shape index (κ3) is 3.80. The lowest BCUT2D eigenvalue weighted by molar-refractivity contribution is -0.135. The van der Waals surface area contributed by atoms with Gasteiger partial charge in [0.15, 0.2) is 0 Å². The Hall–Kier alpha value is -0.570. The van der Waals surface area contributed by atoms with E-state index < -0.39 is 0 Å². The van der Waals surface area contributed by atoms with Crippen molar-refractivity contribution >= 4 is 5.91 Å². The zero-order valence-corrected chi connectivity index (χ0v) is 14.1. The Labute approximate surface area is 129 Å². The van der Waals surface area contributed by atoms with Crippen LogP contribution in [0.3, 0.4) is 0 Å². The number of hydrogen-bond acceptors (Lipinski definition) is 2. The number of aliphatic hydroxyl groups is 1. The summed E-state index contributed by atoms with van der Waals surface area (Å²) >= 11 is 0. The average Bonchev–Trinajstić information content (AvgIpc) is 2.87. The highest BCUT2D eigenvalue weighted by atomic mass is 16.3. The highest BCUT2D eigenvalue weighted by Gasteiger charge is 2.45. The first kappa shape index (κ1) is 16.8. The predicted octanol–water partition coefficient (Wildman–Crippen LogP) is 3.65. The van der Waals surface area contributed by atoms with E-state index in [0.717, 1.165) is 38.5 Å². The average molecular weight is 295 g/mol. The number of nitrogens with one attached hydrogen (secondary N) is 1. The quantitative estimate of drug-likeness (QED) is 0.813. The lowest BCUT2D eigenvalue weighted by Gasteiger charge is -2.42. The number of aliphatic hydroxyl groups excluding tert-OH is 1. The molecule has 3 heteroatoms. The Kier molecular flexibility index (Phi) is 5.34. The maximum Gasteiger partial charge on any atom is 0.226 e. The molecule has 2 saturated carbocycles. The van der Waals surface area contributed by atoms with Gasteiger partial charge in [-0.05, 0) is 43.9 Å². The van der Waals surface area contributed by atoms with Crippen molar-refractivity contribution in [2.24, 2.45) is 17.3 Å². The predicted molar refractivity (Wildman–Crippen MR) is 85.9 cm³/mol. The summed E-state index contributed by atoms with van der Waals surface area (Å²) in [7, 11) is 0. The molecule has 122 valence electrons. The number of hydrogen-bond donors (Lipinski definition) is 2. The molecule has 2 N–H and O–H groups in total. The summed E-state index contributed by atoms with van der Waals surface area (Å²) in [6.07, 6.45) is 9.54. The van der Waals surface area contributed by atoms with Crippen molar-refractivity contribution in [1.29, 1.82) is 0 Å². The smallest absolute Gasteiger partial charge is 0.226 e. The fraction of sp³-hybridized carbons (Fsp3) is 0.944. The Morgan fingerprint density at radius 1 is 1.24 bits per heavy atom. The van der Waals surface area contributed by atoms with Crippen LogP contribution in [0.15, 0.2) is 0 Å². The molecular weight excluding hydrogens is 262 g/mol. The summed E-state index contributed by atoms with van der Waals surface area (Å²) in [6, 6.07) is 0. The highest BCUT2D eigenvalue weighted by molar-refractivity contribution is 5.83. The second-order valence-electron chi connectivity index (χ2n) is 8.18. The lowest BCUT2D eigenvalue weighted by Crippen LogP contribution is -2.57. The number of carbonyl (C=O) groups excluding carboxylic acids is 1. The van der Waals surface area contributed by atoms with Gasteiger partial charge in [-0.2, -0.15) is 0 Å². The van der Waals surface area contributed by atoms with Gasteiger partial charge in [0.1, 0.15) is 0 Å². The lowest BCUT2D eigenvalue weighted by atomic mass is 9.73. The molecule has 0 aromatic carbocycles. The highest BCUT2D eigenvalue weighted by Crippen LogP contribution is 2.44. The van der Waals surface area contributed by atoms with Crippen molar-refractivity contribution in [2.75, 3.05) is 6.61 Å². The van der Waals surface area contributed by atoms with Crippen LogP contribution in [0, 0.1) is 17.3 Å². The van der Waals surface area contributed by atoms with Crippen LogP contribution >= 0.6 is 0 Å². The molecule has 2 aliphatic rings. The first-order valence-corrected chi connectivity index (χ1v) is 8.85. The van der Waals surface area contributed by atoms with Gasteiger partial charge in [-0.3, -0.25) is 4.79 Å². The summed E-state index contributed by atoms with van der Waals surface area (Å²) in [5, 5.41) is 13.2. The molecule has 0 aromatic heterocycles. The molecule has 1 amide bonds. The first-order chi connectivity index (χ1) is 9.91. The second-order valence-corrected chi connectivity index (χ2v) is 8.18. The molecule has 2 unspecified atom stereocenters. The van der Waals surface area contributed by atoms with Gasteiger partial charge in [0.25, 0.3) is 0 Å². The van der Waals surface area contributed by atoms with Gasteiger partial charge in [0.05, 0.1) is 12.1 Å². The molecule has 0 bridgehead atoms. The number of rotatable bonds is 5. The van der Waals surface area contributed by atoms with Crippen molar-refractivity contribution in [3.8, 4) is 0 Å². The topological polar surface area (TPSA) is 49.3 Å². The third-order valence-corrected chi connectivity index (χ3v) is 5.61. The van der Waals surface area contributed by atoms with Crippen molar-refractivity contribution in [3.63, 3.8) is 0 Å². The van der Waals surface area contributed by atoms with Crippen LogP contribution in [0.25, 0.3) is 0 Å². The van der Waals surface area contributed by atoms with Crippen molar-refractivity contribution in [1.82, 2.24) is 5.32 Å². The van der Waals surface area contributed by atoms with Gasteiger partial charge in [0.2, 0.25) is 5.91 Å². The van der Waals surface area contributed by atoms with E-state index in [1.165, 1.54) is 19.3 Å². The van der Waals surface area contributed by atoms with Gasteiger partial charge in [-0.1, -0.05) is 46.5 Å². The molecule has 2 atom stereocenters. The Morgan fingerprint density at radius 2 is 1.90 bits per heavy atom. The standard InChI is InChI=1S/C18H33NO2/c1-14(2)11-17(8-4-5-9-17)16(21)19-18(13-20)10-6-7-15(3)12-18/h14-15,20H,4-13H2,1-3H3,(H,19,21). The van der Waals surface area contributed by atoms with Gasteiger partial charge in [-0.25, -0.2) is 0 Å². The molecule has 2 fully saturated rings. The second kappa shape index (κ2) is 6.68. The Bertz CT molecular complexity index is 360. The molecule has 0 aromatic rings. The maximum absolute atomic E-state index is 13.0. The van der Waals surface area contributed by atoms with E-state index in [1.807, 2.05) is 0 Å². The van der Waals surface area contributed by atoms with Crippen LogP contribution in [-0.4, -0.2) is 23.2 Å². The molecule has 2 rings (SSSR count). The Balaban J connectivity index is 2.10. The van der Waals surface area contributed by atoms with E-state index in [1.54, 1.807) is 0 Å². The van der Waals surface area contributed by atoms with Crippen LogP contribution in [0.1, 0.15) is 78.6 Å².